The number of ether oxygens (including phenoxy) is 1. The lowest BCUT2D eigenvalue weighted by Gasteiger charge is -2.13. The Kier molecular flexibility index (Phi) is 4.53. The topological polar surface area (TPSA) is 50.1 Å². The smallest absolute Gasteiger partial charge is 0.446 e. The van der Waals surface area contributed by atoms with Crippen molar-refractivity contribution in [3.8, 4) is 6.07 Å². The Morgan fingerprint density at radius 3 is 2.56 bits per heavy atom. The first-order valence-corrected chi connectivity index (χ1v) is 5.66. The molecule has 0 amide bonds. The van der Waals surface area contributed by atoms with Crippen molar-refractivity contribution >= 4 is 30.4 Å². The van der Waals surface area contributed by atoms with Crippen LogP contribution in [0.4, 0.5) is 13.2 Å². The molecule has 0 heterocycles. The number of alkyl halides is 3. The summed E-state index contributed by atoms with van der Waals surface area (Å²) in [7, 11) is 1.02. The van der Waals surface area contributed by atoms with E-state index in [1.165, 1.54) is 12.1 Å². The molecule has 0 aliphatic heterocycles. The molecule has 0 saturated heterocycles. The molecule has 0 aliphatic carbocycles. The number of nitrogens with zero attached hydrogens (tertiary/aromatic N) is 1. The van der Waals surface area contributed by atoms with Crippen molar-refractivity contribution in [2.24, 2.45) is 0 Å². The number of carbonyl (C=O) groups is 1. The third-order valence-electron chi connectivity index (χ3n) is 1.86. The minimum absolute atomic E-state index is 0.0447. The van der Waals surface area contributed by atoms with E-state index in [4.69, 9.17) is 5.26 Å². The molecule has 0 unspecified atom stereocenters. The highest BCUT2D eigenvalue weighted by Gasteiger charge is 2.33. The highest BCUT2D eigenvalue weighted by molar-refractivity contribution is 8.00. The van der Waals surface area contributed by atoms with Crippen LogP contribution in [0.1, 0.15) is 15.9 Å². The summed E-state index contributed by atoms with van der Waals surface area (Å²) >= 11 is 3.36. The lowest BCUT2D eigenvalue weighted by atomic mass is 10.1. The van der Waals surface area contributed by atoms with Gasteiger partial charge >= 0.3 is 11.5 Å². The fourth-order valence-electron chi connectivity index (χ4n) is 1.19. The number of thioether (sulfide) groups is 1. The molecule has 0 spiro atoms. The number of esters is 1. The van der Waals surface area contributed by atoms with E-state index in [9.17, 15) is 18.0 Å². The monoisotopic (exact) mass is 293 g/mol. The quantitative estimate of drug-likeness (QED) is 0.516. The van der Waals surface area contributed by atoms with Gasteiger partial charge in [-0.2, -0.15) is 18.4 Å². The molecule has 1 aromatic rings. The van der Waals surface area contributed by atoms with Crippen molar-refractivity contribution in [2.75, 3.05) is 7.11 Å². The molecule has 0 atom stereocenters. The van der Waals surface area contributed by atoms with Crippen molar-refractivity contribution < 1.29 is 22.7 Å². The van der Waals surface area contributed by atoms with E-state index < -0.39 is 33.7 Å². The molecule has 0 aromatic heterocycles. The van der Waals surface area contributed by atoms with Crippen LogP contribution in [0.3, 0.4) is 0 Å². The highest BCUT2D eigenvalue weighted by atomic mass is 32.2. The second-order valence-electron chi connectivity index (χ2n) is 2.99. The van der Waals surface area contributed by atoms with Gasteiger partial charge in [0.15, 0.2) is 0 Å². The second-order valence-corrected chi connectivity index (χ2v) is 4.54. The summed E-state index contributed by atoms with van der Waals surface area (Å²) in [4.78, 5) is 11.0. The highest BCUT2D eigenvalue weighted by Crippen LogP contribution is 2.42. The zero-order chi connectivity index (χ0) is 13.9. The Morgan fingerprint density at radius 2 is 2.11 bits per heavy atom. The molecule has 18 heavy (non-hydrogen) atoms. The molecule has 0 N–H and O–H groups in total. The molecule has 1 rings (SSSR count). The summed E-state index contributed by atoms with van der Waals surface area (Å²) in [6.07, 6.45) is 0. The number of hydrogen-bond acceptors (Lipinski definition) is 5. The van der Waals surface area contributed by atoms with Crippen molar-refractivity contribution in [3.63, 3.8) is 0 Å². The summed E-state index contributed by atoms with van der Waals surface area (Å²) in [6, 6.07) is 4.09. The number of halogens is 3. The fourth-order valence-corrected chi connectivity index (χ4v) is 2.21. The van der Waals surface area contributed by atoms with E-state index in [-0.39, 0.29) is 10.5 Å². The van der Waals surface area contributed by atoms with Crippen LogP contribution in [-0.4, -0.2) is 18.6 Å². The first-order chi connectivity index (χ1) is 8.30. The number of thiol groups is 1. The zero-order valence-electron chi connectivity index (χ0n) is 8.91. The maximum absolute atomic E-state index is 12.4. The van der Waals surface area contributed by atoms with Crippen LogP contribution >= 0.6 is 24.4 Å². The van der Waals surface area contributed by atoms with Gasteiger partial charge in [0.25, 0.3) is 0 Å². The van der Waals surface area contributed by atoms with Crippen LogP contribution in [0.25, 0.3) is 0 Å². The van der Waals surface area contributed by atoms with Gasteiger partial charge in [-0.15, -0.1) is 12.6 Å². The van der Waals surface area contributed by atoms with Gasteiger partial charge in [0.05, 0.1) is 18.2 Å². The molecule has 3 nitrogen and oxygen atoms in total. The SMILES string of the molecule is COC(=O)c1c(C#N)ccc(S)c1SC(F)(F)F. The van der Waals surface area contributed by atoms with Gasteiger partial charge in [0.1, 0.15) is 6.07 Å². The lowest BCUT2D eigenvalue weighted by molar-refractivity contribution is -0.0329. The van der Waals surface area contributed by atoms with E-state index in [1.807, 2.05) is 0 Å². The summed E-state index contributed by atoms with van der Waals surface area (Å²) in [5, 5.41) is 8.80. The van der Waals surface area contributed by atoms with E-state index >= 15 is 0 Å². The van der Waals surface area contributed by atoms with Crippen LogP contribution < -0.4 is 0 Å². The average molecular weight is 293 g/mol. The van der Waals surface area contributed by atoms with E-state index in [1.54, 1.807) is 6.07 Å². The van der Waals surface area contributed by atoms with Crippen molar-refractivity contribution in [2.45, 2.75) is 15.3 Å². The van der Waals surface area contributed by atoms with Gasteiger partial charge in [-0.25, -0.2) is 4.79 Å². The molecule has 8 heteroatoms. The lowest BCUT2D eigenvalue weighted by Crippen LogP contribution is -2.10. The van der Waals surface area contributed by atoms with Crippen molar-refractivity contribution in [1.82, 2.24) is 0 Å². The van der Waals surface area contributed by atoms with Gasteiger partial charge in [0, 0.05) is 9.79 Å². The number of carbonyl (C=O) groups excluding carboxylic acids is 1. The molecule has 96 valence electrons. The number of nitriles is 1. The molecular weight excluding hydrogens is 287 g/mol. The Labute approximate surface area is 110 Å². The van der Waals surface area contributed by atoms with Gasteiger partial charge in [-0.3, -0.25) is 0 Å². The number of hydrogen-bond donors (Lipinski definition) is 1. The molecule has 0 saturated carbocycles. The maximum atomic E-state index is 12.4. The second kappa shape index (κ2) is 5.54. The largest absolute Gasteiger partial charge is 0.465 e. The number of methoxy groups -OCH3 is 1. The third kappa shape index (κ3) is 3.34. The minimum Gasteiger partial charge on any atom is -0.465 e. The van der Waals surface area contributed by atoms with E-state index in [2.05, 4.69) is 17.4 Å². The Morgan fingerprint density at radius 1 is 1.50 bits per heavy atom. The van der Waals surface area contributed by atoms with E-state index in [0.29, 0.717) is 0 Å². The zero-order valence-corrected chi connectivity index (χ0v) is 10.6. The summed E-state index contributed by atoms with van der Waals surface area (Å²) in [5.74, 6) is -1.01. The average Bonchev–Trinajstić information content (AvgIpc) is 2.29. The van der Waals surface area contributed by atoms with Gasteiger partial charge in [-0.1, -0.05) is 0 Å². The third-order valence-corrected chi connectivity index (χ3v) is 3.25. The Hall–Kier alpha value is -1.33. The molecular formula is C10H6F3NO2S2. The normalized spacial score (nSPS) is 10.9. The maximum Gasteiger partial charge on any atom is 0.446 e. The summed E-state index contributed by atoms with van der Waals surface area (Å²) in [6.45, 7) is 0. The Bertz CT molecular complexity index is 523. The first kappa shape index (κ1) is 14.7. The van der Waals surface area contributed by atoms with E-state index in [0.717, 1.165) is 7.11 Å². The molecule has 0 aliphatic rings. The number of benzene rings is 1. The van der Waals surface area contributed by atoms with Crippen LogP contribution in [0, 0.1) is 11.3 Å². The molecule has 1 aromatic carbocycles. The van der Waals surface area contributed by atoms with Crippen LogP contribution in [0.5, 0.6) is 0 Å². The number of rotatable bonds is 2. The Balaban J connectivity index is 3.47. The van der Waals surface area contributed by atoms with Crippen molar-refractivity contribution in [1.29, 1.82) is 5.26 Å². The fraction of sp³-hybridized carbons (Fsp3) is 0.200. The minimum atomic E-state index is -4.59. The predicted molar refractivity (Wildman–Crippen MR) is 61.7 cm³/mol. The summed E-state index contributed by atoms with van der Waals surface area (Å²) < 4.78 is 41.6. The molecule has 0 fully saturated rings. The van der Waals surface area contributed by atoms with Crippen LogP contribution in [0.2, 0.25) is 0 Å². The van der Waals surface area contributed by atoms with Crippen LogP contribution in [-0.2, 0) is 4.74 Å². The van der Waals surface area contributed by atoms with Crippen molar-refractivity contribution in [3.05, 3.63) is 23.3 Å². The first-order valence-electron chi connectivity index (χ1n) is 4.40. The summed E-state index contributed by atoms with van der Waals surface area (Å²) in [5.41, 5.74) is -5.20. The van der Waals surface area contributed by atoms with Gasteiger partial charge in [-0.05, 0) is 23.9 Å². The van der Waals surface area contributed by atoms with Gasteiger partial charge in [0.2, 0.25) is 0 Å². The predicted octanol–water partition coefficient (Wildman–Crippen LogP) is 3.25. The molecule has 0 bridgehead atoms. The molecule has 0 radical (unpaired) electrons. The van der Waals surface area contributed by atoms with Gasteiger partial charge < -0.3 is 4.74 Å². The van der Waals surface area contributed by atoms with Crippen LogP contribution in [0.15, 0.2) is 21.9 Å². The standard InChI is InChI=1S/C10H6F3NO2S2/c1-16-9(15)7-5(4-14)2-3-6(17)8(7)18-10(11,12)13/h2-3,17H,1H3.